The van der Waals surface area contributed by atoms with Crippen molar-refractivity contribution in [2.45, 2.75) is 56.0 Å². The van der Waals surface area contributed by atoms with Crippen LogP contribution in [0.3, 0.4) is 0 Å². The van der Waals surface area contributed by atoms with Crippen LogP contribution < -0.4 is 26.4 Å². The Hall–Kier alpha value is -6.74. The van der Waals surface area contributed by atoms with Crippen LogP contribution in [0.5, 0.6) is 0 Å². The Balaban J connectivity index is 0.000000421. The van der Waals surface area contributed by atoms with E-state index in [0.29, 0.717) is 6.54 Å². The fraction of sp³-hybridized carbons (Fsp3) is 0.191. The van der Waals surface area contributed by atoms with Crippen molar-refractivity contribution >= 4 is 55.9 Å². The maximum Gasteiger partial charge on any atom is 0.416 e. The molecule has 75 heavy (non-hydrogen) atoms. The van der Waals surface area contributed by atoms with Gasteiger partial charge in [0.05, 0.1) is 49.9 Å². The Morgan fingerprint density at radius 1 is 0.373 bits per heavy atom. The smallest absolute Gasteiger partial charge is 0.287 e. The second-order valence-corrected chi connectivity index (χ2v) is 17.2. The quantitative estimate of drug-likeness (QED) is 0.0674. The minimum absolute atomic E-state index is 0.143. The van der Waals surface area contributed by atoms with E-state index >= 15 is 0 Å². The normalized spacial score (nSPS) is 13.4. The topological polar surface area (TPSA) is 20.9 Å². The molecule has 0 radical (unpaired) electrons. The molecule has 0 saturated heterocycles. The Bertz CT molecular complexity index is 2770. The largest absolute Gasteiger partial charge is 0.416 e. The number of carbonyl (C=O) groups is 1. The number of hydrogen-bond acceptors (Lipinski definition) is 2. The number of halogens is 24. The molecule has 0 fully saturated rings. The first-order chi connectivity index (χ1) is 34.1. The van der Waals surface area contributed by atoms with Gasteiger partial charge in [0.1, 0.15) is 6.15 Å². The number of thiazole rings is 1. The molecular weight excluding hydrogens is 1090 g/mol. The number of benzene rings is 6. The van der Waals surface area contributed by atoms with Crippen molar-refractivity contribution in [3.63, 3.8) is 0 Å². The van der Waals surface area contributed by atoms with Gasteiger partial charge in [-0.1, -0.05) is 96.3 Å². The average molecular weight is 1120 g/mol. The molecule has 1 heterocycles. The zero-order valence-electron chi connectivity index (χ0n) is 36.3. The zero-order chi connectivity index (χ0) is 56.3. The van der Waals surface area contributed by atoms with Crippen LogP contribution in [0.25, 0.3) is 10.8 Å². The van der Waals surface area contributed by atoms with E-state index in [1.165, 1.54) is 0 Å². The highest BCUT2D eigenvalue weighted by Crippen LogP contribution is 2.41. The van der Waals surface area contributed by atoms with Crippen molar-refractivity contribution in [3.05, 3.63) is 182 Å². The highest BCUT2D eigenvalue weighted by Gasteiger charge is 2.47. The molecule has 0 aliphatic heterocycles. The van der Waals surface area contributed by atoms with Crippen molar-refractivity contribution in [1.29, 1.82) is 0 Å². The lowest BCUT2D eigenvalue weighted by molar-refractivity contribution is -0.678. The van der Waals surface area contributed by atoms with E-state index in [1.807, 2.05) is 58.1 Å². The van der Waals surface area contributed by atoms with E-state index in [2.05, 4.69) is 6.07 Å². The van der Waals surface area contributed by atoms with Crippen molar-refractivity contribution in [2.75, 3.05) is 0 Å². The molecule has 0 amide bonds. The maximum atomic E-state index is 14.2. The molecule has 1 aromatic heterocycles. The fourth-order valence-corrected chi connectivity index (χ4v) is 8.64. The molecule has 0 saturated carbocycles. The molecule has 2 nitrogen and oxygen atoms in total. The van der Waals surface area contributed by atoms with Gasteiger partial charge in [0, 0.05) is 5.56 Å². The Kier molecular flexibility index (Phi) is 15.2. The summed E-state index contributed by atoms with van der Waals surface area (Å²) < 4.78 is 343. The van der Waals surface area contributed by atoms with Gasteiger partial charge >= 0.3 is 49.4 Å². The van der Waals surface area contributed by atoms with Gasteiger partial charge in [-0.05, 0) is 41.1 Å². The molecule has 0 aliphatic carbocycles. The minimum Gasteiger partial charge on any atom is -0.287 e. The van der Waals surface area contributed by atoms with Crippen molar-refractivity contribution in [1.82, 2.24) is 0 Å². The molecule has 0 unspecified atom stereocenters. The summed E-state index contributed by atoms with van der Waals surface area (Å²) in [5, 5.41) is 4.24. The summed E-state index contributed by atoms with van der Waals surface area (Å²) in [6.07, 6.45) is -52.9. The van der Waals surface area contributed by atoms with E-state index in [1.54, 1.807) is 11.3 Å². The van der Waals surface area contributed by atoms with E-state index in [4.69, 9.17) is 0 Å². The molecule has 0 bridgehead atoms. The fourth-order valence-electron chi connectivity index (χ4n) is 8.04. The molecule has 0 spiro atoms. The summed E-state index contributed by atoms with van der Waals surface area (Å²) in [7, 11) is 0. The molecular formula is C47H24BF24NOS. The molecule has 6 aromatic carbocycles. The number of alkyl halides is 24. The predicted octanol–water partition coefficient (Wildman–Crippen LogP) is 14.3. The van der Waals surface area contributed by atoms with Gasteiger partial charge in [-0.3, -0.25) is 4.79 Å². The molecule has 0 atom stereocenters. The zero-order valence-corrected chi connectivity index (χ0v) is 37.1. The van der Waals surface area contributed by atoms with Crippen LogP contribution in [0.15, 0.2) is 132 Å². The monoisotopic (exact) mass is 1120 g/mol. The minimum atomic E-state index is -6.13. The van der Waals surface area contributed by atoms with E-state index in [-0.39, 0.29) is 5.78 Å². The van der Waals surface area contributed by atoms with Gasteiger partial charge in [0.2, 0.25) is 17.8 Å². The summed E-state index contributed by atoms with van der Waals surface area (Å²) in [4.78, 5) is 12.1. The molecule has 0 N–H and O–H groups in total. The number of carbonyl (C=O) groups excluding carboxylic acids is 1. The van der Waals surface area contributed by atoms with Gasteiger partial charge in [-0.25, -0.2) is 0 Å². The van der Waals surface area contributed by atoms with Gasteiger partial charge < -0.3 is 0 Å². The lowest BCUT2D eigenvalue weighted by atomic mass is 9.12. The average Bonchev–Trinajstić information content (AvgIpc) is 3.80. The van der Waals surface area contributed by atoms with Crippen LogP contribution in [0.2, 0.25) is 0 Å². The van der Waals surface area contributed by atoms with E-state index in [0.717, 1.165) is 16.3 Å². The van der Waals surface area contributed by atoms with Gasteiger partial charge in [-0.15, -0.1) is 0 Å². The SMILES string of the molecule is FC(F)(F)c1cc([B-](c2cc(C(F)(F)F)cc(C(F)(F)F)c2)(c2cc(C(F)(F)F)cc(C(F)(F)F)c2)c2cc(C(F)(F)F)cc(C(F)(F)F)c2)cc(C(F)(F)F)c1.O=C(C[n+]1ccsc1)c1ccc2ccccc2c1. The summed E-state index contributed by atoms with van der Waals surface area (Å²) in [5.41, 5.74) is -27.5. The lowest BCUT2D eigenvalue weighted by Gasteiger charge is -2.46. The first kappa shape index (κ1) is 57.5. The standard InChI is InChI=1S/C32H12BF24.C15H12NOS/c34-25(35,36)13-1-14(26(37,38)39)6-21(5-13)33(22-7-15(27(40,41)42)2-16(8-22)28(43,44)45,23-9-17(29(46,47)48)3-18(10-23)30(49,50)51)24-11-19(31(52,53)54)4-20(12-24)32(55,56)57;17-15(10-16-7-8-18-11-16)14-6-5-12-3-1-2-4-13(12)9-14/h1-12H;1-9,11H,10H2/q-1;+1. The van der Waals surface area contributed by atoms with Crippen LogP contribution in [-0.2, 0) is 56.0 Å². The first-order valence-electron chi connectivity index (χ1n) is 20.4. The second kappa shape index (κ2) is 19.8. The third-order valence-electron chi connectivity index (χ3n) is 11.4. The van der Waals surface area contributed by atoms with Crippen LogP contribution in [0, 0.1) is 0 Å². The number of nitrogens with zero attached hydrogens (tertiary/aromatic N) is 1. The van der Waals surface area contributed by atoms with E-state index in [9.17, 15) is 110 Å². The lowest BCUT2D eigenvalue weighted by Crippen LogP contribution is -2.75. The van der Waals surface area contributed by atoms with E-state index < -0.39 is 195 Å². The summed E-state index contributed by atoms with van der Waals surface area (Å²) >= 11 is 1.59. The highest BCUT2D eigenvalue weighted by molar-refractivity contribution is 7.20. The van der Waals surface area contributed by atoms with Gasteiger partial charge in [0.25, 0.3) is 0 Å². The number of fused-ring (bicyclic) bond motifs is 1. The van der Waals surface area contributed by atoms with Crippen molar-refractivity contribution < 1.29 is 115 Å². The van der Waals surface area contributed by atoms with Gasteiger partial charge in [0.15, 0.2) is 6.20 Å². The number of hydrogen-bond donors (Lipinski definition) is 0. The highest BCUT2D eigenvalue weighted by atomic mass is 32.1. The van der Waals surface area contributed by atoms with Crippen molar-refractivity contribution in [2.24, 2.45) is 0 Å². The van der Waals surface area contributed by atoms with Crippen LogP contribution in [0.1, 0.15) is 54.9 Å². The molecule has 28 heteroatoms. The molecule has 7 rings (SSSR count). The summed E-state index contributed by atoms with van der Waals surface area (Å²) in [5.74, 6) is 0.143. The Labute approximate surface area is 408 Å². The predicted molar refractivity (Wildman–Crippen MR) is 223 cm³/mol. The molecule has 400 valence electrons. The van der Waals surface area contributed by atoms with Crippen LogP contribution in [0.4, 0.5) is 105 Å². The van der Waals surface area contributed by atoms with Crippen LogP contribution >= 0.6 is 11.3 Å². The number of Topliss-reactive ketones (excluding diaryl/α,β-unsaturated/α-hetero) is 1. The third kappa shape index (κ3) is 13.0. The van der Waals surface area contributed by atoms with Crippen LogP contribution in [-0.4, -0.2) is 11.9 Å². The Morgan fingerprint density at radius 3 is 0.907 bits per heavy atom. The van der Waals surface area contributed by atoms with Crippen molar-refractivity contribution in [3.8, 4) is 0 Å². The molecule has 0 aliphatic rings. The number of rotatable bonds is 7. The summed E-state index contributed by atoms with van der Waals surface area (Å²) in [6, 6.07) is 5.13. The number of aromatic nitrogens is 1. The molecule has 7 aromatic rings. The second-order valence-electron chi connectivity index (χ2n) is 16.4. The Morgan fingerprint density at radius 2 is 0.653 bits per heavy atom. The number of ketones is 1. The summed E-state index contributed by atoms with van der Waals surface area (Å²) in [6.45, 7) is 0.405. The first-order valence-corrected chi connectivity index (χ1v) is 21.3. The van der Waals surface area contributed by atoms with Gasteiger partial charge in [-0.2, -0.15) is 132 Å². The maximum absolute atomic E-state index is 14.2. The third-order valence-corrected chi connectivity index (χ3v) is 12.0.